The third-order valence-electron chi connectivity index (χ3n) is 9.51. The second-order valence-corrected chi connectivity index (χ2v) is 13.1. The molecule has 8 heteroatoms. The molecular formula is C28H45N3O4S. The minimum absolute atomic E-state index is 0.0135. The first-order valence-corrected chi connectivity index (χ1v) is 14.9. The summed E-state index contributed by atoms with van der Waals surface area (Å²) in [6, 6.07) is 0.252. The number of hydrogen-bond donors (Lipinski definition) is 4. The lowest BCUT2D eigenvalue weighted by Crippen LogP contribution is -2.57. The maximum atomic E-state index is 13.3. The molecule has 202 valence electrons. The normalized spacial score (nSPS) is 32.4. The highest BCUT2D eigenvalue weighted by Crippen LogP contribution is 2.62. The van der Waals surface area contributed by atoms with Crippen LogP contribution < -0.4 is 10.6 Å². The molecule has 0 aromatic carbocycles. The molecule has 1 aromatic rings. The summed E-state index contributed by atoms with van der Waals surface area (Å²) in [4.78, 5) is 31.8. The largest absolute Gasteiger partial charge is 0.396 e. The number of nitrogens with zero attached hydrogens (tertiary/aromatic N) is 1. The van der Waals surface area contributed by atoms with Crippen LogP contribution in [0, 0.1) is 16.7 Å². The number of hydrogen-bond acceptors (Lipinski definition) is 6. The zero-order valence-corrected chi connectivity index (χ0v) is 23.1. The van der Waals surface area contributed by atoms with Crippen molar-refractivity contribution >= 4 is 28.3 Å². The maximum Gasteiger partial charge on any atom is 0.226 e. The standard InChI is InChI=1S/C28H45N3O4S/c1-4-5-7-12-23(34)30-26-31-25-19(15-24(35)29-18-10-8-6-9-11-18)27(2)14-13-22(33)28(3,17-32)21(27)16-20(25)36-26/h18-19,21-22,32-33H,4-17H2,1-3H3,(H,29,35)(H,30,31,34)/t19-,21+,22-,27+,28+/m1/s1. The second kappa shape index (κ2) is 11.5. The van der Waals surface area contributed by atoms with Crippen LogP contribution in [0.4, 0.5) is 5.13 Å². The Morgan fingerprint density at radius 1 is 1.11 bits per heavy atom. The molecule has 0 unspecified atom stereocenters. The van der Waals surface area contributed by atoms with E-state index in [1.165, 1.54) is 30.6 Å². The molecule has 7 nitrogen and oxygen atoms in total. The van der Waals surface area contributed by atoms with E-state index in [0.717, 1.165) is 49.1 Å². The molecule has 0 bridgehead atoms. The minimum atomic E-state index is -0.643. The zero-order valence-electron chi connectivity index (χ0n) is 22.3. The molecule has 0 spiro atoms. The lowest BCUT2D eigenvalue weighted by molar-refractivity contribution is -0.144. The highest BCUT2D eigenvalue weighted by Gasteiger charge is 2.59. The summed E-state index contributed by atoms with van der Waals surface area (Å²) in [6.45, 7) is 6.24. The lowest BCUT2D eigenvalue weighted by Gasteiger charge is -2.58. The maximum absolute atomic E-state index is 13.3. The van der Waals surface area contributed by atoms with Gasteiger partial charge in [-0.15, -0.1) is 11.3 Å². The van der Waals surface area contributed by atoms with Gasteiger partial charge < -0.3 is 20.8 Å². The van der Waals surface area contributed by atoms with Gasteiger partial charge in [-0.25, -0.2) is 4.98 Å². The number of unbranched alkanes of at least 4 members (excludes halogenated alkanes) is 2. The highest BCUT2D eigenvalue weighted by atomic mass is 32.1. The zero-order chi connectivity index (χ0) is 25.9. The van der Waals surface area contributed by atoms with Crippen LogP contribution in [0.3, 0.4) is 0 Å². The van der Waals surface area contributed by atoms with Crippen molar-refractivity contribution in [3.05, 3.63) is 10.6 Å². The third-order valence-corrected chi connectivity index (χ3v) is 10.5. The molecule has 2 fully saturated rings. The predicted molar refractivity (Wildman–Crippen MR) is 143 cm³/mol. The van der Waals surface area contributed by atoms with Crippen LogP contribution in [0.1, 0.15) is 114 Å². The average Bonchev–Trinajstić information content (AvgIpc) is 3.25. The van der Waals surface area contributed by atoms with E-state index < -0.39 is 11.5 Å². The Labute approximate surface area is 219 Å². The first-order valence-electron chi connectivity index (χ1n) is 14.1. The first kappa shape index (κ1) is 27.5. The van der Waals surface area contributed by atoms with Gasteiger partial charge in [0, 0.05) is 35.1 Å². The fraction of sp³-hybridized carbons (Fsp3) is 0.821. The molecule has 1 aromatic heterocycles. The van der Waals surface area contributed by atoms with E-state index in [-0.39, 0.29) is 41.7 Å². The summed E-state index contributed by atoms with van der Waals surface area (Å²) in [7, 11) is 0. The van der Waals surface area contributed by atoms with Crippen LogP contribution in [-0.4, -0.2) is 45.8 Å². The van der Waals surface area contributed by atoms with E-state index in [2.05, 4.69) is 24.5 Å². The number of aliphatic hydroxyl groups excluding tert-OH is 2. The van der Waals surface area contributed by atoms with Crippen molar-refractivity contribution in [3.8, 4) is 0 Å². The van der Waals surface area contributed by atoms with E-state index in [1.807, 2.05) is 6.92 Å². The van der Waals surface area contributed by atoms with E-state index in [9.17, 15) is 19.8 Å². The Balaban J connectivity index is 1.61. The summed E-state index contributed by atoms with van der Waals surface area (Å²) in [5, 5.41) is 28.3. The van der Waals surface area contributed by atoms with Gasteiger partial charge in [0.25, 0.3) is 0 Å². The van der Waals surface area contributed by atoms with Crippen molar-refractivity contribution in [1.82, 2.24) is 10.3 Å². The number of fused-ring (bicyclic) bond motifs is 2. The Bertz CT molecular complexity index is 930. The van der Waals surface area contributed by atoms with E-state index >= 15 is 0 Å². The van der Waals surface area contributed by atoms with Crippen LogP contribution in [-0.2, 0) is 16.0 Å². The second-order valence-electron chi connectivity index (χ2n) is 12.0. The first-order chi connectivity index (χ1) is 17.2. The Morgan fingerprint density at radius 2 is 1.86 bits per heavy atom. The van der Waals surface area contributed by atoms with E-state index in [1.54, 1.807) is 0 Å². The fourth-order valence-electron chi connectivity index (χ4n) is 7.14. The molecule has 5 atom stereocenters. The number of aliphatic hydroxyl groups is 2. The summed E-state index contributed by atoms with van der Waals surface area (Å²) >= 11 is 1.50. The van der Waals surface area contributed by atoms with Crippen molar-refractivity contribution in [2.45, 2.75) is 122 Å². The average molecular weight is 520 g/mol. The predicted octanol–water partition coefficient (Wildman–Crippen LogP) is 4.92. The molecule has 3 aliphatic rings. The third kappa shape index (κ3) is 5.51. The van der Waals surface area contributed by atoms with Crippen molar-refractivity contribution in [2.75, 3.05) is 11.9 Å². The van der Waals surface area contributed by atoms with Gasteiger partial charge in [-0.05, 0) is 49.9 Å². The van der Waals surface area contributed by atoms with Crippen LogP contribution >= 0.6 is 11.3 Å². The number of carbonyl (C=O) groups excluding carboxylic acids is 2. The van der Waals surface area contributed by atoms with Crippen molar-refractivity contribution in [3.63, 3.8) is 0 Å². The van der Waals surface area contributed by atoms with E-state index in [0.29, 0.717) is 30.8 Å². The van der Waals surface area contributed by atoms with Gasteiger partial charge in [-0.2, -0.15) is 0 Å². The van der Waals surface area contributed by atoms with Gasteiger partial charge in [0.15, 0.2) is 5.13 Å². The number of anilines is 1. The number of aromatic nitrogens is 1. The van der Waals surface area contributed by atoms with Crippen LogP contribution in [0.2, 0.25) is 0 Å². The quantitative estimate of drug-likeness (QED) is 0.346. The Kier molecular flexibility index (Phi) is 8.78. The summed E-state index contributed by atoms with van der Waals surface area (Å²) < 4.78 is 0. The molecule has 0 radical (unpaired) electrons. The van der Waals surface area contributed by atoms with Crippen molar-refractivity contribution < 1.29 is 19.8 Å². The molecule has 2 amide bonds. The summed E-state index contributed by atoms with van der Waals surface area (Å²) in [5.74, 6) is -0.0439. The fourth-order valence-corrected chi connectivity index (χ4v) is 8.22. The smallest absolute Gasteiger partial charge is 0.226 e. The van der Waals surface area contributed by atoms with E-state index in [4.69, 9.17) is 4.98 Å². The number of thiazole rings is 1. The van der Waals surface area contributed by atoms with Crippen LogP contribution in [0.5, 0.6) is 0 Å². The lowest BCUT2D eigenvalue weighted by atomic mass is 9.47. The topological polar surface area (TPSA) is 112 Å². The van der Waals surface area contributed by atoms with Crippen molar-refractivity contribution in [2.24, 2.45) is 16.7 Å². The SMILES string of the molecule is CCCCCC(=O)Nc1nc2c(s1)C[C@@H]1[C@](C)(CO)[C@H](O)CC[C@@]1(C)[C@@H]2CC(=O)NC1CCCCC1. The van der Waals surface area contributed by atoms with Crippen LogP contribution in [0.25, 0.3) is 0 Å². The minimum Gasteiger partial charge on any atom is -0.396 e. The Morgan fingerprint density at radius 3 is 2.56 bits per heavy atom. The monoisotopic (exact) mass is 519 g/mol. The molecule has 1 heterocycles. The van der Waals surface area contributed by atoms with Gasteiger partial charge in [0.1, 0.15) is 0 Å². The summed E-state index contributed by atoms with van der Waals surface area (Å²) in [5.41, 5.74) is 0.0125. The number of nitrogens with one attached hydrogen (secondary N) is 2. The van der Waals surface area contributed by atoms with Gasteiger partial charge >= 0.3 is 0 Å². The summed E-state index contributed by atoms with van der Waals surface area (Å²) in [6.07, 6.45) is 11.0. The molecule has 4 N–H and O–H groups in total. The molecule has 0 aliphatic heterocycles. The van der Waals surface area contributed by atoms with Crippen LogP contribution in [0.15, 0.2) is 0 Å². The molecule has 2 saturated carbocycles. The molecule has 3 aliphatic carbocycles. The Hall–Kier alpha value is -1.51. The molecular weight excluding hydrogens is 474 g/mol. The number of amides is 2. The van der Waals surface area contributed by atoms with Gasteiger partial charge in [0.05, 0.1) is 18.4 Å². The molecule has 36 heavy (non-hydrogen) atoms. The molecule has 4 rings (SSSR count). The number of rotatable bonds is 9. The van der Waals surface area contributed by atoms with Gasteiger partial charge in [0.2, 0.25) is 11.8 Å². The molecule has 0 saturated heterocycles. The van der Waals surface area contributed by atoms with Crippen molar-refractivity contribution in [1.29, 1.82) is 0 Å². The number of carbonyl (C=O) groups is 2. The highest BCUT2D eigenvalue weighted by molar-refractivity contribution is 7.15. The van der Waals surface area contributed by atoms with Gasteiger partial charge in [-0.3, -0.25) is 9.59 Å². The van der Waals surface area contributed by atoms with Gasteiger partial charge in [-0.1, -0.05) is 52.9 Å².